The van der Waals surface area contributed by atoms with Gasteiger partial charge in [0.1, 0.15) is 24.0 Å². The maximum atomic E-state index is 13.4. The molecule has 1 aliphatic heterocycles. The van der Waals surface area contributed by atoms with Gasteiger partial charge in [-0.2, -0.15) is 4.31 Å². The van der Waals surface area contributed by atoms with Crippen molar-refractivity contribution in [3.05, 3.63) is 63.1 Å². The zero-order valence-electron chi connectivity index (χ0n) is 28.4. The minimum Gasteiger partial charge on any atom is -0.437 e. The first-order valence-corrected chi connectivity index (χ1v) is 18.2. The van der Waals surface area contributed by atoms with Crippen molar-refractivity contribution >= 4 is 38.6 Å². The van der Waals surface area contributed by atoms with E-state index in [2.05, 4.69) is 9.47 Å². The van der Waals surface area contributed by atoms with Crippen LogP contribution >= 0.6 is 15.6 Å². The predicted octanol–water partition coefficient (Wildman–Crippen LogP) is 2.19. The summed E-state index contributed by atoms with van der Waals surface area (Å²) in [6.45, 7) is 5.60. The molecule has 1 aromatic carbocycles. The normalized spacial score (nSPS) is 21.0. The van der Waals surface area contributed by atoms with Crippen LogP contribution in [0.1, 0.15) is 53.5 Å². The molecule has 0 amide bonds. The number of hydrogen-bond acceptors (Lipinski definition) is 17. The smallest absolute Gasteiger partial charge is 0.437 e. The zero-order valence-corrected chi connectivity index (χ0v) is 30.2. The molecule has 1 aliphatic rings. The number of phosphoric acid groups is 2. The molecule has 3 heterocycles. The first kappa shape index (κ1) is 40.2. The summed E-state index contributed by atoms with van der Waals surface area (Å²) < 4.78 is 67.4. The maximum Gasteiger partial charge on any atom is 0.489 e. The number of para-hydroxylation sites is 1. The summed E-state index contributed by atoms with van der Waals surface area (Å²) in [5.74, 6) is -1.61. The van der Waals surface area contributed by atoms with Crippen molar-refractivity contribution in [2.24, 2.45) is 10.8 Å². The van der Waals surface area contributed by atoms with E-state index in [1.165, 1.54) is 41.5 Å². The number of aliphatic hydroxyl groups is 2. The molecule has 1 fully saturated rings. The lowest BCUT2D eigenvalue weighted by molar-refractivity contribution is -0.162. The lowest BCUT2D eigenvalue weighted by atomic mass is 9.98. The molecule has 0 spiro atoms. The minimum absolute atomic E-state index is 0.269. The molecular formula is C29H39N3O17P2. The number of carbonyl (C=O) groups excluding carboxylic acids is 2. The average Bonchev–Trinajstić information content (AvgIpc) is 3.56. The number of hydrogen-bond donors (Lipinski definition) is 3. The Hall–Kier alpha value is -3.55. The lowest BCUT2D eigenvalue weighted by Gasteiger charge is -2.23. The molecule has 0 aliphatic carbocycles. The number of benzene rings is 1. The van der Waals surface area contributed by atoms with Crippen LogP contribution in [0.4, 0.5) is 0 Å². The molecule has 0 saturated carbocycles. The fourth-order valence-corrected chi connectivity index (χ4v) is 6.64. The molecule has 3 N–H and O–H groups in total. The second-order valence-corrected chi connectivity index (χ2v) is 16.5. The third-order valence-electron chi connectivity index (χ3n) is 7.10. The molecule has 5 atom stereocenters. The van der Waals surface area contributed by atoms with Gasteiger partial charge in [0.15, 0.2) is 11.8 Å². The maximum absolute atomic E-state index is 13.4. The zero-order chi connectivity index (χ0) is 37.9. The largest absolute Gasteiger partial charge is 0.489 e. The van der Waals surface area contributed by atoms with E-state index in [0.717, 1.165) is 21.4 Å². The average molecular weight is 764 g/mol. The molecule has 2 aromatic heterocycles. The van der Waals surface area contributed by atoms with E-state index in [-0.39, 0.29) is 12.2 Å². The number of rotatable bonds is 14. The second-order valence-electron chi connectivity index (χ2n) is 13.3. The first-order chi connectivity index (χ1) is 23.6. The minimum atomic E-state index is -5.47. The fourth-order valence-electron chi connectivity index (χ4n) is 4.29. The molecule has 1 saturated heterocycles. The van der Waals surface area contributed by atoms with Crippen molar-refractivity contribution in [1.29, 1.82) is 0 Å². The number of fused-ring (bicyclic) bond motifs is 1. The van der Waals surface area contributed by atoms with Crippen LogP contribution in [-0.4, -0.2) is 79.8 Å². The van der Waals surface area contributed by atoms with Crippen molar-refractivity contribution in [2.75, 3.05) is 20.2 Å². The third kappa shape index (κ3) is 10.1. The summed E-state index contributed by atoms with van der Waals surface area (Å²) in [6.07, 6.45) is -5.83. The van der Waals surface area contributed by atoms with Crippen LogP contribution in [-0.2, 0) is 57.4 Å². The molecule has 20 nitrogen and oxygen atoms in total. The number of aromatic nitrogens is 3. The Morgan fingerprint density at radius 3 is 2.08 bits per heavy atom. The second kappa shape index (κ2) is 15.6. The number of aliphatic hydroxyl groups excluding tert-OH is 2. The molecule has 51 heavy (non-hydrogen) atoms. The Bertz CT molecular complexity index is 1910. The van der Waals surface area contributed by atoms with Gasteiger partial charge in [-0.1, -0.05) is 17.3 Å². The molecule has 0 bridgehead atoms. The van der Waals surface area contributed by atoms with Gasteiger partial charge in [-0.25, -0.2) is 23.0 Å². The molecule has 22 heteroatoms. The van der Waals surface area contributed by atoms with Crippen molar-refractivity contribution in [1.82, 2.24) is 14.3 Å². The monoisotopic (exact) mass is 763 g/mol. The van der Waals surface area contributed by atoms with Gasteiger partial charge >= 0.3 is 33.3 Å². The van der Waals surface area contributed by atoms with E-state index in [9.17, 15) is 43.4 Å². The van der Waals surface area contributed by atoms with Crippen LogP contribution in [0.15, 0.2) is 50.6 Å². The van der Waals surface area contributed by atoms with Crippen LogP contribution < -0.4 is 11.2 Å². The predicted molar refractivity (Wildman–Crippen MR) is 171 cm³/mol. The Kier molecular flexibility index (Phi) is 12.3. The van der Waals surface area contributed by atoms with Gasteiger partial charge in [-0.15, -0.1) is 0 Å². The van der Waals surface area contributed by atoms with E-state index in [4.69, 9.17) is 32.3 Å². The summed E-state index contributed by atoms with van der Waals surface area (Å²) in [5, 5.41) is 25.9. The Morgan fingerprint density at radius 2 is 1.49 bits per heavy atom. The summed E-state index contributed by atoms with van der Waals surface area (Å²) in [6, 6.07) is 7.77. The third-order valence-corrected chi connectivity index (χ3v) is 10.0. The summed E-state index contributed by atoms with van der Waals surface area (Å²) in [4.78, 5) is 60.6. The standard InChI is InChI=1S/C29H39N3O17P2/c1-28(2,3)25(36)42-15-45-51(41,46-16-43-26(37)29(4,5)6)49-50(39,40)44-14-20-22(34)23(35)24(47-20)31-12-11-21(33)32(27(31)38)13-18-17-9-7-8-10-19(17)48-30-18/h7-12,20,22-24,34-35H,13-16H2,1-6H3,(H,39,40)/t20-,22?,23?,24-/m1/s1. The van der Waals surface area contributed by atoms with Crippen LogP contribution in [0.25, 0.3) is 11.0 Å². The number of nitrogens with zero attached hydrogens (tertiary/aromatic N) is 3. The van der Waals surface area contributed by atoms with Crippen molar-refractivity contribution in [2.45, 2.75) is 72.6 Å². The quantitative estimate of drug-likeness (QED) is 0.121. The van der Waals surface area contributed by atoms with Crippen molar-refractivity contribution in [3.63, 3.8) is 0 Å². The molecule has 3 unspecified atom stereocenters. The Morgan fingerprint density at radius 1 is 0.902 bits per heavy atom. The number of carbonyl (C=O) groups is 2. The number of esters is 2. The van der Waals surface area contributed by atoms with Crippen LogP contribution in [0.5, 0.6) is 0 Å². The van der Waals surface area contributed by atoms with E-state index in [0.29, 0.717) is 11.0 Å². The summed E-state index contributed by atoms with van der Waals surface area (Å²) in [7, 11) is -10.7. The van der Waals surface area contributed by atoms with E-state index in [1.807, 2.05) is 0 Å². The van der Waals surface area contributed by atoms with E-state index >= 15 is 0 Å². The highest BCUT2D eigenvalue weighted by molar-refractivity contribution is 7.61. The highest BCUT2D eigenvalue weighted by atomic mass is 31.3. The van der Waals surface area contributed by atoms with Crippen molar-refractivity contribution in [3.8, 4) is 0 Å². The van der Waals surface area contributed by atoms with Gasteiger partial charge in [-0.3, -0.25) is 28.0 Å². The molecule has 0 radical (unpaired) electrons. The summed E-state index contributed by atoms with van der Waals surface area (Å²) in [5.41, 5.74) is -3.00. The lowest BCUT2D eigenvalue weighted by Crippen LogP contribution is -2.43. The SMILES string of the molecule is CC(C)(C)C(=O)OCOP(=O)(OCOC(=O)C(C)(C)C)OP(=O)(O)OC[C@H]1O[C@@H](n2ccc(=O)n(Cc3noc4ccccc34)c2=O)C(O)C1O. The highest BCUT2D eigenvalue weighted by Crippen LogP contribution is 2.63. The topological polar surface area (TPSA) is 264 Å². The van der Waals surface area contributed by atoms with E-state index < -0.39 is 94.4 Å². The van der Waals surface area contributed by atoms with Crippen LogP contribution in [0.2, 0.25) is 0 Å². The Labute approximate surface area is 289 Å². The summed E-state index contributed by atoms with van der Waals surface area (Å²) >= 11 is 0. The van der Waals surface area contributed by atoms with Crippen molar-refractivity contribution < 1.29 is 70.4 Å². The van der Waals surface area contributed by atoms with Crippen LogP contribution in [0, 0.1) is 10.8 Å². The Balaban J connectivity index is 1.45. The highest BCUT2D eigenvalue weighted by Gasteiger charge is 2.47. The fraction of sp³-hybridized carbons (Fsp3) is 0.552. The molecule has 4 rings (SSSR count). The molecule has 282 valence electrons. The van der Waals surface area contributed by atoms with Gasteiger partial charge in [0.2, 0.25) is 13.6 Å². The first-order valence-electron chi connectivity index (χ1n) is 15.2. The van der Waals surface area contributed by atoms with Gasteiger partial charge in [0.25, 0.3) is 5.56 Å². The molecule has 3 aromatic rings. The number of phosphoric ester groups is 2. The van der Waals surface area contributed by atoms with Gasteiger partial charge in [0.05, 0.1) is 24.0 Å². The molecular weight excluding hydrogens is 724 g/mol. The number of ether oxygens (including phenoxy) is 3. The van der Waals surface area contributed by atoms with Crippen LogP contribution in [0.3, 0.4) is 0 Å². The van der Waals surface area contributed by atoms with E-state index in [1.54, 1.807) is 24.3 Å². The van der Waals surface area contributed by atoms with Gasteiger partial charge in [0, 0.05) is 17.6 Å². The van der Waals surface area contributed by atoms with Gasteiger partial charge in [-0.05, 0) is 53.7 Å². The van der Waals surface area contributed by atoms with Gasteiger partial charge < -0.3 is 33.8 Å².